The van der Waals surface area contributed by atoms with Gasteiger partial charge in [0.05, 0.1) is 11.1 Å². The van der Waals surface area contributed by atoms with E-state index in [1.165, 1.54) is 16.8 Å². The van der Waals surface area contributed by atoms with Gasteiger partial charge < -0.3 is 5.32 Å². The van der Waals surface area contributed by atoms with Crippen molar-refractivity contribution in [2.45, 2.75) is 26.3 Å². The van der Waals surface area contributed by atoms with Crippen LogP contribution in [-0.4, -0.2) is 26.8 Å². The van der Waals surface area contributed by atoms with Crippen LogP contribution in [0, 0.1) is 5.82 Å². The normalized spacial score (nSPS) is 12.7. The Kier molecular flexibility index (Phi) is 5.06. The fraction of sp³-hybridized carbons (Fsp3) is 0.417. The van der Waals surface area contributed by atoms with E-state index in [1.807, 2.05) is 6.92 Å². The maximum absolute atomic E-state index is 13.3. The molecule has 20 heavy (non-hydrogen) atoms. The smallest absolute Gasteiger partial charge is 0.173 e. The zero-order chi connectivity index (χ0) is 14.7. The predicted octanol–water partition coefficient (Wildman–Crippen LogP) is 3.28. The molecule has 0 radical (unpaired) electrons. The van der Waals surface area contributed by atoms with Crippen LogP contribution in [0.3, 0.4) is 0 Å². The van der Waals surface area contributed by atoms with E-state index in [9.17, 15) is 4.39 Å². The number of benzene rings is 1. The SMILES string of the molecule is CCCNC(C)c1nnnn1-c1c(Cl)cc(F)cc1Br. The monoisotopic (exact) mass is 361 g/mol. The molecule has 0 spiro atoms. The average Bonchev–Trinajstić information content (AvgIpc) is 2.83. The maximum Gasteiger partial charge on any atom is 0.173 e. The molecule has 8 heteroatoms. The third-order valence-corrected chi connectivity index (χ3v) is 3.67. The lowest BCUT2D eigenvalue weighted by atomic mass is 10.2. The zero-order valence-electron chi connectivity index (χ0n) is 11.1. The number of tetrazole rings is 1. The summed E-state index contributed by atoms with van der Waals surface area (Å²) in [7, 11) is 0. The minimum absolute atomic E-state index is 0.0435. The average molecular weight is 363 g/mol. The second kappa shape index (κ2) is 6.60. The molecule has 1 atom stereocenters. The zero-order valence-corrected chi connectivity index (χ0v) is 13.4. The predicted molar refractivity (Wildman–Crippen MR) is 78.5 cm³/mol. The molecule has 2 aromatic rings. The van der Waals surface area contributed by atoms with Crippen LogP contribution in [0.4, 0.5) is 4.39 Å². The van der Waals surface area contributed by atoms with Gasteiger partial charge in [-0.05, 0) is 58.4 Å². The van der Waals surface area contributed by atoms with E-state index in [0.29, 0.717) is 16.0 Å². The van der Waals surface area contributed by atoms with Gasteiger partial charge in [-0.15, -0.1) is 5.10 Å². The molecule has 1 heterocycles. The summed E-state index contributed by atoms with van der Waals surface area (Å²) in [4.78, 5) is 0. The number of rotatable bonds is 5. The number of aromatic nitrogens is 4. The highest BCUT2D eigenvalue weighted by molar-refractivity contribution is 9.10. The van der Waals surface area contributed by atoms with Crippen molar-refractivity contribution < 1.29 is 4.39 Å². The summed E-state index contributed by atoms with van der Waals surface area (Å²) in [6.07, 6.45) is 1.01. The molecule has 1 aromatic carbocycles. The molecule has 2 rings (SSSR count). The van der Waals surface area contributed by atoms with Crippen LogP contribution in [0.15, 0.2) is 16.6 Å². The summed E-state index contributed by atoms with van der Waals surface area (Å²) in [6, 6.07) is 2.52. The highest BCUT2D eigenvalue weighted by atomic mass is 79.9. The van der Waals surface area contributed by atoms with Crippen molar-refractivity contribution in [2.24, 2.45) is 0 Å². The molecule has 0 fully saturated rings. The van der Waals surface area contributed by atoms with Gasteiger partial charge in [0, 0.05) is 4.47 Å². The van der Waals surface area contributed by atoms with Crippen LogP contribution in [0.25, 0.3) is 5.69 Å². The van der Waals surface area contributed by atoms with Crippen LogP contribution in [-0.2, 0) is 0 Å². The highest BCUT2D eigenvalue weighted by Gasteiger charge is 2.19. The molecule has 0 saturated carbocycles. The molecule has 0 bridgehead atoms. The Morgan fingerprint density at radius 2 is 2.25 bits per heavy atom. The van der Waals surface area contributed by atoms with Gasteiger partial charge in [-0.3, -0.25) is 0 Å². The third-order valence-electron chi connectivity index (χ3n) is 2.77. The van der Waals surface area contributed by atoms with Crippen LogP contribution >= 0.6 is 27.5 Å². The van der Waals surface area contributed by atoms with Gasteiger partial charge in [-0.25, -0.2) is 4.39 Å². The van der Waals surface area contributed by atoms with Crippen molar-refractivity contribution >= 4 is 27.5 Å². The van der Waals surface area contributed by atoms with Crippen molar-refractivity contribution in [1.82, 2.24) is 25.5 Å². The van der Waals surface area contributed by atoms with Gasteiger partial charge in [0.25, 0.3) is 0 Å². The third kappa shape index (κ3) is 3.16. The molecule has 5 nitrogen and oxygen atoms in total. The summed E-state index contributed by atoms with van der Waals surface area (Å²) in [5.74, 6) is 0.199. The Bertz CT molecular complexity index is 580. The summed E-state index contributed by atoms with van der Waals surface area (Å²) in [6.45, 7) is 4.89. The molecule has 0 aliphatic heterocycles. The standard InChI is InChI=1S/C12H14BrClFN5/c1-3-4-16-7(2)12-17-18-19-20(12)11-9(13)5-8(15)6-10(11)14/h5-7,16H,3-4H2,1-2H3. The fourth-order valence-corrected chi connectivity index (χ4v) is 2.81. The molecular weight excluding hydrogens is 349 g/mol. The number of halogens is 3. The van der Waals surface area contributed by atoms with E-state index >= 15 is 0 Å². The minimum atomic E-state index is -0.419. The minimum Gasteiger partial charge on any atom is -0.307 e. The van der Waals surface area contributed by atoms with Crippen molar-refractivity contribution in [1.29, 1.82) is 0 Å². The maximum atomic E-state index is 13.3. The van der Waals surface area contributed by atoms with Crippen molar-refractivity contribution in [3.8, 4) is 5.69 Å². The Hall–Kier alpha value is -1.05. The molecule has 0 aliphatic rings. The van der Waals surface area contributed by atoms with Gasteiger partial charge in [0.2, 0.25) is 0 Å². The van der Waals surface area contributed by atoms with E-state index in [4.69, 9.17) is 11.6 Å². The quantitative estimate of drug-likeness (QED) is 0.887. The molecule has 0 aliphatic carbocycles. The van der Waals surface area contributed by atoms with Gasteiger partial charge in [0.1, 0.15) is 11.5 Å². The first-order valence-electron chi connectivity index (χ1n) is 6.21. The van der Waals surface area contributed by atoms with E-state index in [0.717, 1.165) is 13.0 Å². The highest BCUT2D eigenvalue weighted by Crippen LogP contribution is 2.30. The van der Waals surface area contributed by atoms with Crippen molar-refractivity contribution in [3.05, 3.63) is 33.3 Å². The second-order valence-corrected chi connectivity index (χ2v) is 5.60. The van der Waals surface area contributed by atoms with Gasteiger partial charge in [0.15, 0.2) is 5.82 Å². The van der Waals surface area contributed by atoms with Crippen LogP contribution in [0.1, 0.15) is 32.1 Å². The Morgan fingerprint density at radius 1 is 1.50 bits per heavy atom. The van der Waals surface area contributed by atoms with E-state index in [1.54, 1.807) is 0 Å². The first kappa shape index (κ1) is 15.3. The number of nitrogens with one attached hydrogen (secondary N) is 1. The Labute approximate surface area is 129 Å². The molecule has 108 valence electrons. The number of hydrogen-bond acceptors (Lipinski definition) is 4. The largest absolute Gasteiger partial charge is 0.307 e. The number of hydrogen-bond donors (Lipinski definition) is 1. The molecule has 1 aromatic heterocycles. The number of nitrogens with zero attached hydrogens (tertiary/aromatic N) is 4. The molecule has 1 unspecified atom stereocenters. The van der Waals surface area contributed by atoms with Gasteiger partial charge in [-0.1, -0.05) is 18.5 Å². The first-order chi connectivity index (χ1) is 9.54. The molecule has 0 amide bonds. The van der Waals surface area contributed by atoms with Crippen LogP contribution in [0.2, 0.25) is 5.02 Å². The lowest BCUT2D eigenvalue weighted by Crippen LogP contribution is -2.23. The van der Waals surface area contributed by atoms with Crippen LogP contribution < -0.4 is 5.32 Å². The van der Waals surface area contributed by atoms with Gasteiger partial charge >= 0.3 is 0 Å². The molecule has 1 N–H and O–H groups in total. The first-order valence-corrected chi connectivity index (χ1v) is 7.38. The van der Waals surface area contributed by atoms with Crippen molar-refractivity contribution in [2.75, 3.05) is 6.54 Å². The summed E-state index contributed by atoms with van der Waals surface area (Å²) >= 11 is 9.39. The molecular formula is C12H14BrClFN5. The second-order valence-electron chi connectivity index (χ2n) is 4.34. The summed E-state index contributed by atoms with van der Waals surface area (Å²) in [5, 5.41) is 15.2. The Balaban J connectivity index is 2.42. The summed E-state index contributed by atoms with van der Waals surface area (Å²) < 4.78 is 15.3. The topological polar surface area (TPSA) is 55.6 Å². The van der Waals surface area contributed by atoms with Gasteiger partial charge in [-0.2, -0.15) is 4.68 Å². The summed E-state index contributed by atoms with van der Waals surface area (Å²) in [5.41, 5.74) is 0.526. The van der Waals surface area contributed by atoms with Crippen LogP contribution in [0.5, 0.6) is 0 Å². The fourth-order valence-electron chi connectivity index (χ4n) is 1.81. The Morgan fingerprint density at radius 3 is 2.90 bits per heavy atom. The van der Waals surface area contributed by atoms with E-state index in [-0.39, 0.29) is 11.1 Å². The van der Waals surface area contributed by atoms with E-state index < -0.39 is 5.82 Å². The lowest BCUT2D eigenvalue weighted by molar-refractivity contribution is 0.530. The lowest BCUT2D eigenvalue weighted by Gasteiger charge is -2.14. The van der Waals surface area contributed by atoms with E-state index in [2.05, 4.69) is 43.7 Å². The molecule has 0 saturated heterocycles. The van der Waals surface area contributed by atoms with Crippen molar-refractivity contribution in [3.63, 3.8) is 0 Å².